The summed E-state index contributed by atoms with van der Waals surface area (Å²) in [6.45, 7) is 17.1. The van der Waals surface area contributed by atoms with E-state index in [1.54, 1.807) is 0 Å². The highest BCUT2D eigenvalue weighted by Gasteiger charge is 2.52. The first-order chi connectivity index (χ1) is 26.5. The summed E-state index contributed by atoms with van der Waals surface area (Å²) in [6.07, 6.45) is 7.70. The molecule has 0 fully saturated rings. The zero-order chi connectivity index (χ0) is 38.1. The van der Waals surface area contributed by atoms with Crippen LogP contribution in [0.4, 0.5) is 0 Å². The Balaban J connectivity index is 1.16. The summed E-state index contributed by atoms with van der Waals surface area (Å²) in [5.41, 5.74) is 14.0. The second-order valence-corrected chi connectivity index (χ2v) is 16.5. The zero-order valence-electron chi connectivity index (χ0n) is 32.0. The largest absolute Gasteiger partial charge is 0.417 e. The summed E-state index contributed by atoms with van der Waals surface area (Å²) in [7, 11) is 0. The van der Waals surface area contributed by atoms with E-state index in [0.717, 1.165) is 22.3 Å². The molecule has 0 aliphatic heterocycles. The van der Waals surface area contributed by atoms with E-state index in [1.165, 1.54) is 50.1 Å². The lowest BCUT2D eigenvalue weighted by molar-refractivity contribution is 0.517. The Kier molecular flexibility index (Phi) is 7.87. The van der Waals surface area contributed by atoms with Gasteiger partial charge >= 0.3 is 0 Å². The second kappa shape index (κ2) is 12.6. The van der Waals surface area contributed by atoms with Crippen LogP contribution < -0.4 is 0 Å². The molecule has 0 amide bonds. The fourth-order valence-electron chi connectivity index (χ4n) is 8.25. The zero-order valence-corrected chi connectivity index (χ0v) is 32.0. The molecular formula is C49H42N4O2. The van der Waals surface area contributed by atoms with E-state index in [1.807, 2.05) is 24.3 Å². The first kappa shape index (κ1) is 34.4. The van der Waals surface area contributed by atoms with Crippen molar-refractivity contribution in [2.75, 3.05) is 0 Å². The average molecular weight is 719 g/mol. The van der Waals surface area contributed by atoms with Crippen molar-refractivity contribution in [3.05, 3.63) is 173 Å². The number of hydrogen-bond donors (Lipinski definition) is 0. The van der Waals surface area contributed by atoms with Crippen molar-refractivity contribution in [2.45, 2.75) is 52.4 Å². The van der Waals surface area contributed by atoms with Gasteiger partial charge in [0.05, 0.1) is 5.41 Å². The maximum atomic E-state index is 6.39. The number of hydrogen-bond acceptors (Lipinski definition) is 6. The van der Waals surface area contributed by atoms with Crippen LogP contribution >= 0.6 is 0 Å². The number of benzene rings is 5. The van der Waals surface area contributed by atoms with Gasteiger partial charge < -0.3 is 8.83 Å². The maximum absolute atomic E-state index is 6.39. The molecule has 1 atom stereocenters. The van der Waals surface area contributed by atoms with E-state index in [9.17, 15) is 0 Å². The Morgan fingerprint density at radius 2 is 1.05 bits per heavy atom. The van der Waals surface area contributed by atoms with Crippen LogP contribution in [-0.4, -0.2) is 20.4 Å². The highest BCUT2D eigenvalue weighted by Crippen LogP contribution is 2.63. The molecule has 6 heteroatoms. The molecule has 2 aliphatic carbocycles. The van der Waals surface area contributed by atoms with Crippen molar-refractivity contribution in [1.82, 2.24) is 20.4 Å². The molecule has 0 bridgehead atoms. The molecule has 2 heterocycles. The van der Waals surface area contributed by atoms with Crippen molar-refractivity contribution in [1.29, 1.82) is 0 Å². The molecule has 0 radical (unpaired) electrons. The molecule has 2 aliphatic rings. The van der Waals surface area contributed by atoms with Crippen molar-refractivity contribution < 1.29 is 8.83 Å². The maximum Gasteiger partial charge on any atom is 0.248 e. The third-order valence-electron chi connectivity index (χ3n) is 11.0. The minimum atomic E-state index is -0.600. The molecular weight excluding hydrogens is 677 g/mol. The number of aromatic nitrogens is 4. The number of nitrogens with zero attached hydrogens (tertiary/aromatic N) is 4. The van der Waals surface area contributed by atoms with E-state index in [2.05, 4.69) is 178 Å². The van der Waals surface area contributed by atoms with Crippen LogP contribution in [0.1, 0.15) is 75.3 Å². The minimum Gasteiger partial charge on any atom is -0.417 e. The van der Waals surface area contributed by atoms with Gasteiger partial charge in [-0.25, -0.2) is 0 Å². The van der Waals surface area contributed by atoms with Crippen molar-refractivity contribution in [3.63, 3.8) is 0 Å². The highest BCUT2D eigenvalue weighted by molar-refractivity contribution is 5.96. The van der Waals surface area contributed by atoms with Crippen LogP contribution in [0.25, 0.3) is 62.7 Å². The van der Waals surface area contributed by atoms with Gasteiger partial charge in [0.25, 0.3) is 0 Å². The van der Waals surface area contributed by atoms with E-state index in [4.69, 9.17) is 8.83 Å². The molecule has 0 saturated carbocycles. The lowest BCUT2D eigenvalue weighted by Gasteiger charge is -2.30. The summed E-state index contributed by atoms with van der Waals surface area (Å²) in [5.74, 6) is 1.88. The summed E-state index contributed by atoms with van der Waals surface area (Å²) in [5, 5.41) is 17.9. The topological polar surface area (TPSA) is 77.8 Å². The molecule has 5 aromatic carbocycles. The number of fused-ring (bicyclic) bond motifs is 10. The van der Waals surface area contributed by atoms with E-state index in [-0.39, 0.29) is 10.8 Å². The molecule has 2 aromatic heterocycles. The van der Waals surface area contributed by atoms with Crippen LogP contribution in [0.3, 0.4) is 0 Å². The third-order valence-corrected chi connectivity index (χ3v) is 11.0. The Hall–Kier alpha value is -6.40. The van der Waals surface area contributed by atoms with Gasteiger partial charge in [-0.2, -0.15) is 0 Å². The normalized spacial score (nSPS) is 16.0. The summed E-state index contributed by atoms with van der Waals surface area (Å²) < 4.78 is 12.6. The van der Waals surface area contributed by atoms with Gasteiger partial charge in [0, 0.05) is 22.8 Å². The Bertz CT molecular complexity index is 2680. The quantitative estimate of drug-likeness (QED) is 0.159. The average Bonchev–Trinajstić information content (AvgIpc) is 3.97. The fourth-order valence-corrected chi connectivity index (χ4v) is 8.25. The Morgan fingerprint density at radius 1 is 0.564 bits per heavy atom. The highest BCUT2D eigenvalue weighted by atomic mass is 16.4. The summed E-state index contributed by atoms with van der Waals surface area (Å²) >= 11 is 0. The van der Waals surface area contributed by atoms with Crippen LogP contribution in [0.2, 0.25) is 0 Å². The minimum absolute atomic E-state index is 0.0183. The fraction of sp³-hybridized carbons (Fsp3) is 0.184. The van der Waals surface area contributed by atoms with Gasteiger partial charge in [0.2, 0.25) is 23.6 Å². The predicted molar refractivity (Wildman–Crippen MR) is 220 cm³/mol. The first-order valence-corrected chi connectivity index (χ1v) is 18.8. The monoisotopic (exact) mass is 718 g/mol. The van der Waals surface area contributed by atoms with Gasteiger partial charge in [-0.15, -0.1) is 20.4 Å². The van der Waals surface area contributed by atoms with Crippen LogP contribution in [-0.2, 0) is 10.8 Å². The van der Waals surface area contributed by atoms with E-state index in [0.29, 0.717) is 23.6 Å². The standard InChI is InChI=1S/C49H42N4O2/c1-8-33(47(2,3)4)14-13-19-43-50-51-45(54-43)31-22-26-37-35-15-9-11-17-39(35)49(41(37)28-31)40-18-12-10-16-36(40)38-27-23-32(29-42(38)49)46-53-52-44(55-46)30-20-24-34(25-21-30)48(5,6)7/h8-29H,1H2,2-7H3/b19-13+,33-14+. The van der Waals surface area contributed by atoms with E-state index < -0.39 is 5.41 Å². The summed E-state index contributed by atoms with van der Waals surface area (Å²) in [6, 6.07) is 38.9. The van der Waals surface area contributed by atoms with Gasteiger partial charge in [-0.3, -0.25) is 0 Å². The third kappa shape index (κ3) is 5.55. The SMILES string of the molecule is C=C/C(=C\C=C\c1nnc(-c2ccc3c(c2)C2(c4ccccc4-3)c3ccccc3-c3ccc(-c4nnc(-c5ccc(C(C)(C)C)cc5)o4)cc32)o1)C(C)(C)C. The molecule has 9 rings (SSSR count). The molecule has 0 N–H and O–H groups in total. The predicted octanol–water partition coefficient (Wildman–Crippen LogP) is 12.3. The van der Waals surface area contributed by atoms with Gasteiger partial charge in [0.1, 0.15) is 0 Å². The van der Waals surface area contributed by atoms with Crippen LogP contribution in [0.5, 0.6) is 0 Å². The van der Waals surface area contributed by atoms with E-state index >= 15 is 0 Å². The molecule has 1 spiro atoms. The van der Waals surface area contributed by atoms with Crippen LogP contribution in [0.15, 0.2) is 148 Å². The first-order valence-electron chi connectivity index (χ1n) is 18.8. The van der Waals surface area contributed by atoms with Crippen LogP contribution in [0, 0.1) is 5.41 Å². The van der Waals surface area contributed by atoms with Crippen molar-refractivity contribution in [2.24, 2.45) is 5.41 Å². The molecule has 0 saturated heterocycles. The lowest BCUT2D eigenvalue weighted by Crippen LogP contribution is -2.26. The smallest absolute Gasteiger partial charge is 0.248 e. The molecule has 270 valence electrons. The summed E-state index contributed by atoms with van der Waals surface area (Å²) in [4.78, 5) is 0. The Labute approximate surface area is 322 Å². The van der Waals surface area contributed by atoms with Crippen molar-refractivity contribution >= 4 is 6.08 Å². The lowest BCUT2D eigenvalue weighted by atomic mass is 9.70. The molecule has 55 heavy (non-hydrogen) atoms. The van der Waals surface area contributed by atoms with Crippen molar-refractivity contribution in [3.8, 4) is 56.6 Å². The van der Waals surface area contributed by atoms with Gasteiger partial charge in [-0.05, 0) is 103 Å². The number of allylic oxidation sites excluding steroid dienone is 4. The van der Waals surface area contributed by atoms with Gasteiger partial charge in [-0.1, -0.05) is 139 Å². The molecule has 7 aromatic rings. The number of rotatable bonds is 6. The second-order valence-electron chi connectivity index (χ2n) is 16.5. The molecule has 1 unspecified atom stereocenters. The Morgan fingerprint density at radius 3 is 1.60 bits per heavy atom. The van der Waals surface area contributed by atoms with Gasteiger partial charge in [0.15, 0.2) is 0 Å². The molecule has 6 nitrogen and oxygen atoms in total.